The standard InChI is InChI=1S/C36H27FN4O4/c37-31-18-16-25(22-33(31)39-20-21-45-34(39)24-42)35-30-23-29(41(43)44)17-19-32(30)40(38-35)36(26-10-4-1-5-11-26,27-12-6-2-7-13-27)28-14-8-3-9-15-28/h1-19,22-24,34H,20-21H2. The third-order valence-electron chi connectivity index (χ3n) is 8.34. The quantitative estimate of drug-likeness (QED) is 0.0815. The highest BCUT2D eigenvalue weighted by atomic mass is 19.1. The lowest BCUT2D eigenvalue weighted by Crippen LogP contribution is -2.38. The number of anilines is 1. The number of ether oxygens (including phenoxy) is 1. The number of non-ortho nitro benzene ring substituents is 1. The minimum atomic E-state index is -0.995. The molecule has 9 heteroatoms. The molecule has 6 aromatic rings. The maximum absolute atomic E-state index is 15.3. The number of aldehydes is 1. The number of aromatic nitrogens is 2. The van der Waals surface area contributed by atoms with Crippen LogP contribution in [-0.2, 0) is 15.1 Å². The first-order valence-electron chi connectivity index (χ1n) is 14.5. The number of benzene rings is 5. The molecule has 1 aliphatic heterocycles. The Labute approximate surface area is 258 Å². The van der Waals surface area contributed by atoms with Gasteiger partial charge in [-0.3, -0.25) is 14.9 Å². The van der Waals surface area contributed by atoms with Gasteiger partial charge in [-0.25, -0.2) is 9.07 Å². The highest BCUT2D eigenvalue weighted by molar-refractivity contribution is 5.96. The van der Waals surface area contributed by atoms with Crippen molar-refractivity contribution in [3.63, 3.8) is 0 Å². The maximum atomic E-state index is 15.3. The number of halogens is 1. The Morgan fingerprint density at radius 3 is 2.00 bits per heavy atom. The highest BCUT2D eigenvalue weighted by Gasteiger charge is 2.41. The van der Waals surface area contributed by atoms with Crippen LogP contribution in [0.3, 0.4) is 0 Å². The Balaban J connectivity index is 1.58. The predicted molar refractivity (Wildman–Crippen MR) is 170 cm³/mol. The van der Waals surface area contributed by atoms with Crippen LogP contribution in [0.1, 0.15) is 16.7 Å². The second-order valence-corrected chi connectivity index (χ2v) is 10.8. The number of hydrogen-bond acceptors (Lipinski definition) is 6. The van der Waals surface area contributed by atoms with Crippen molar-refractivity contribution in [1.82, 2.24) is 9.78 Å². The summed E-state index contributed by atoms with van der Waals surface area (Å²) in [6.07, 6.45) is -0.271. The number of rotatable bonds is 8. The minimum Gasteiger partial charge on any atom is -0.349 e. The van der Waals surface area contributed by atoms with Crippen LogP contribution in [0.5, 0.6) is 0 Å². The van der Waals surface area contributed by atoms with Crippen molar-refractivity contribution in [1.29, 1.82) is 0 Å². The van der Waals surface area contributed by atoms with Gasteiger partial charge in [-0.1, -0.05) is 91.0 Å². The van der Waals surface area contributed by atoms with E-state index >= 15 is 4.39 Å². The number of nitro benzene ring substituents is 1. The van der Waals surface area contributed by atoms with Gasteiger partial charge in [0.15, 0.2) is 12.5 Å². The molecule has 0 amide bonds. The number of carbonyl (C=O) groups excluding carboxylic acids is 1. The number of carbonyl (C=O) groups is 1. The second-order valence-electron chi connectivity index (χ2n) is 10.8. The maximum Gasteiger partial charge on any atom is 0.270 e. The molecule has 1 fully saturated rings. The normalized spacial score (nSPS) is 15.0. The zero-order valence-electron chi connectivity index (χ0n) is 24.0. The largest absolute Gasteiger partial charge is 0.349 e. The lowest BCUT2D eigenvalue weighted by atomic mass is 9.77. The van der Waals surface area contributed by atoms with E-state index in [1.165, 1.54) is 18.2 Å². The molecule has 0 aliphatic carbocycles. The first kappa shape index (κ1) is 28.1. The molecule has 0 spiro atoms. The molecule has 1 aliphatic rings. The Morgan fingerprint density at radius 2 is 1.44 bits per heavy atom. The summed E-state index contributed by atoms with van der Waals surface area (Å²) in [7, 11) is 0. The molecule has 1 atom stereocenters. The summed E-state index contributed by atoms with van der Waals surface area (Å²) in [5.74, 6) is -0.516. The summed E-state index contributed by atoms with van der Waals surface area (Å²) >= 11 is 0. The van der Waals surface area contributed by atoms with Crippen LogP contribution in [0.2, 0.25) is 0 Å². The molecule has 0 bridgehead atoms. The van der Waals surface area contributed by atoms with Crippen molar-refractivity contribution < 1.29 is 18.8 Å². The lowest BCUT2D eigenvalue weighted by Gasteiger charge is -2.37. The number of nitrogens with zero attached hydrogens (tertiary/aromatic N) is 4. The van der Waals surface area contributed by atoms with E-state index in [4.69, 9.17) is 9.84 Å². The average Bonchev–Trinajstić information content (AvgIpc) is 3.72. The van der Waals surface area contributed by atoms with Crippen LogP contribution in [0, 0.1) is 15.9 Å². The molecule has 1 aromatic heterocycles. The third-order valence-corrected chi connectivity index (χ3v) is 8.34. The Hall–Kier alpha value is -5.67. The number of nitro groups is 1. The van der Waals surface area contributed by atoms with Crippen LogP contribution >= 0.6 is 0 Å². The van der Waals surface area contributed by atoms with Crippen LogP contribution < -0.4 is 4.90 Å². The van der Waals surface area contributed by atoms with E-state index in [0.717, 1.165) is 16.7 Å². The van der Waals surface area contributed by atoms with Gasteiger partial charge in [-0.15, -0.1) is 0 Å². The molecule has 0 saturated carbocycles. The summed E-state index contributed by atoms with van der Waals surface area (Å²) < 4.78 is 22.6. The highest BCUT2D eigenvalue weighted by Crippen LogP contribution is 2.45. The van der Waals surface area contributed by atoms with Gasteiger partial charge in [-0.05, 0) is 41.0 Å². The SMILES string of the molecule is O=CC1OCCN1c1cc(-c2nn(C(c3ccccc3)(c3ccccc3)c3ccccc3)c3ccc([N+](=O)[O-])cc23)ccc1F. The monoisotopic (exact) mass is 598 g/mol. The zero-order chi connectivity index (χ0) is 31.0. The van der Waals surface area contributed by atoms with E-state index in [1.807, 2.05) is 95.7 Å². The Kier molecular flexibility index (Phi) is 7.15. The molecule has 2 heterocycles. The fourth-order valence-electron chi connectivity index (χ4n) is 6.33. The van der Waals surface area contributed by atoms with Gasteiger partial charge < -0.3 is 9.64 Å². The topological polar surface area (TPSA) is 90.5 Å². The molecule has 0 radical (unpaired) electrons. The van der Waals surface area contributed by atoms with Crippen molar-refractivity contribution >= 4 is 28.6 Å². The fraction of sp³-hybridized carbons (Fsp3) is 0.111. The van der Waals surface area contributed by atoms with Gasteiger partial charge in [0, 0.05) is 29.6 Å². The van der Waals surface area contributed by atoms with Gasteiger partial charge in [0.2, 0.25) is 0 Å². The fourth-order valence-corrected chi connectivity index (χ4v) is 6.33. The lowest BCUT2D eigenvalue weighted by molar-refractivity contribution is -0.384. The number of fused-ring (bicyclic) bond motifs is 1. The van der Waals surface area contributed by atoms with Crippen LogP contribution in [0.4, 0.5) is 15.8 Å². The predicted octanol–water partition coefficient (Wildman–Crippen LogP) is 6.95. The van der Waals surface area contributed by atoms with Crippen LogP contribution in [0.25, 0.3) is 22.2 Å². The molecular formula is C36H27FN4O4. The molecule has 222 valence electrons. The average molecular weight is 599 g/mol. The first-order chi connectivity index (χ1) is 22.0. The van der Waals surface area contributed by atoms with E-state index in [-0.39, 0.29) is 18.0 Å². The minimum absolute atomic E-state index is 0.0932. The Morgan fingerprint density at radius 1 is 0.844 bits per heavy atom. The summed E-state index contributed by atoms with van der Waals surface area (Å²) in [4.78, 5) is 24.8. The molecule has 8 nitrogen and oxygen atoms in total. The van der Waals surface area contributed by atoms with Gasteiger partial charge in [0.05, 0.1) is 22.7 Å². The van der Waals surface area contributed by atoms with Gasteiger partial charge in [0.25, 0.3) is 5.69 Å². The summed E-state index contributed by atoms with van der Waals surface area (Å²) in [6, 6.07) is 39.2. The Bertz CT molecular complexity index is 1920. The number of hydrogen-bond donors (Lipinski definition) is 0. The first-order valence-corrected chi connectivity index (χ1v) is 14.5. The van der Waals surface area contributed by atoms with Crippen LogP contribution in [0.15, 0.2) is 127 Å². The van der Waals surface area contributed by atoms with Crippen LogP contribution in [-0.4, -0.2) is 40.4 Å². The molecule has 5 aromatic carbocycles. The molecule has 0 N–H and O–H groups in total. The van der Waals surface area contributed by atoms with Crippen molar-refractivity contribution in [2.75, 3.05) is 18.1 Å². The van der Waals surface area contributed by atoms with Gasteiger partial charge >= 0.3 is 0 Å². The van der Waals surface area contributed by atoms with E-state index < -0.39 is 22.5 Å². The summed E-state index contributed by atoms with van der Waals surface area (Å²) in [6.45, 7) is 0.619. The van der Waals surface area contributed by atoms with Gasteiger partial charge in [0.1, 0.15) is 17.1 Å². The van der Waals surface area contributed by atoms with E-state index in [1.54, 1.807) is 23.1 Å². The van der Waals surface area contributed by atoms with Crippen molar-refractivity contribution in [3.05, 3.63) is 160 Å². The van der Waals surface area contributed by atoms with Crippen molar-refractivity contribution in [2.24, 2.45) is 0 Å². The molecule has 1 unspecified atom stereocenters. The summed E-state index contributed by atoms with van der Waals surface area (Å²) in [5.41, 5.74) is 3.51. The molecule has 7 rings (SSSR count). The molecule has 1 saturated heterocycles. The van der Waals surface area contributed by atoms with E-state index in [9.17, 15) is 14.9 Å². The summed E-state index contributed by atoms with van der Waals surface area (Å²) in [5, 5.41) is 17.8. The zero-order valence-corrected chi connectivity index (χ0v) is 24.0. The van der Waals surface area contributed by atoms with E-state index in [0.29, 0.717) is 35.0 Å². The van der Waals surface area contributed by atoms with E-state index in [2.05, 4.69) is 0 Å². The van der Waals surface area contributed by atoms with Crippen molar-refractivity contribution in [3.8, 4) is 11.3 Å². The van der Waals surface area contributed by atoms with Gasteiger partial charge in [-0.2, -0.15) is 5.10 Å². The van der Waals surface area contributed by atoms with Crippen molar-refractivity contribution in [2.45, 2.75) is 11.8 Å². The second kappa shape index (κ2) is 11.4. The third kappa shape index (κ3) is 4.65. The molecule has 45 heavy (non-hydrogen) atoms. The smallest absolute Gasteiger partial charge is 0.270 e. The molecular weight excluding hydrogens is 571 g/mol.